The van der Waals surface area contributed by atoms with Crippen LogP contribution in [0, 0.1) is 0 Å². The van der Waals surface area contributed by atoms with E-state index < -0.39 is 0 Å². The van der Waals surface area contributed by atoms with Gasteiger partial charge in [-0.1, -0.05) is 78.9 Å². The summed E-state index contributed by atoms with van der Waals surface area (Å²) in [5, 5.41) is 3.07. The molecule has 3 rings (SSSR count). The third-order valence-electron chi connectivity index (χ3n) is 3.67. The smallest absolute Gasteiger partial charge is 0.209 e. The quantitative estimate of drug-likeness (QED) is 0.525. The van der Waals surface area contributed by atoms with E-state index in [4.69, 9.17) is 0 Å². The summed E-state index contributed by atoms with van der Waals surface area (Å²) in [6.45, 7) is 0. The van der Waals surface area contributed by atoms with Crippen molar-refractivity contribution in [2.75, 3.05) is 5.32 Å². The van der Waals surface area contributed by atoms with E-state index in [1.54, 1.807) is 48.5 Å². The van der Waals surface area contributed by atoms with Gasteiger partial charge in [-0.05, 0) is 12.1 Å². The minimum Gasteiger partial charge on any atom is -0.352 e. The fraction of sp³-hybridized carbons (Fsp3) is 0. The average molecular weight is 327 g/mol. The van der Waals surface area contributed by atoms with E-state index in [0.29, 0.717) is 11.1 Å². The highest BCUT2D eigenvalue weighted by Crippen LogP contribution is 2.15. The maximum Gasteiger partial charge on any atom is 0.209 e. The molecule has 3 heteroatoms. The van der Waals surface area contributed by atoms with E-state index in [9.17, 15) is 9.59 Å². The number of Topliss-reactive ketones (excluding diaryl/α,β-unsaturated/α-hetero) is 1. The van der Waals surface area contributed by atoms with Gasteiger partial charge in [0, 0.05) is 22.9 Å². The van der Waals surface area contributed by atoms with Crippen molar-refractivity contribution in [2.24, 2.45) is 0 Å². The molecule has 25 heavy (non-hydrogen) atoms. The molecule has 0 atom stereocenters. The molecular formula is C22H17NO2. The zero-order valence-corrected chi connectivity index (χ0v) is 13.6. The number of carbonyl (C=O) groups excluding carboxylic acids is 2. The summed E-state index contributed by atoms with van der Waals surface area (Å²) in [6.07, 6.45) is 1.36. The average Bonchev–Trinajstić information content (AvgIpc) is 2.69. The van der Waals surface area contributed by atoms with E-state index in [2.05, 4.69) is 5.32 Å². The summed E-state index contributed by atoms with van der Waals surface area (Å²) in [7, 11) is 0. The first-order chi connectivity index (χ1) is 12.2. The summed E-state index contributed by atoms with van der Waals surface area (Å²) in [6, 6.07) is 27.1. The van der Waals surface area contributed by atoms with Gasteiger partial charge < -0.3 is 5.32 Å². The molecular weight excluding hydrogens is 310 g/mol. The maximum absolute atomic E-state index is 12.8. The van der Waals surface area contributed by atoms with Crippen LogP contribution in [-0.4, -0.2) is 11.6 Å². The molecule has 3 nitrogen and oxygen atoms in total. The summed E-state index contributed by atoms with van der Waals surface area (Å²) >= 11 is 0. The van der Waals surface area contributed by atoms with Crippen molar-refractivity contribution in [3.63, 3.8) is 0 Å². The molecule has 0 fully saturated rings. The lowest BCUT2D eigenvalue weighted by atomic mass is 10.0. The normalized spacial score (nSPS) is 11.0. The lowest BCUT2D eigenvalue weighted by Crippen LogP contribution is -2.14. The monoisotopic (exact) mass is 327 g/mol. The molecule has 3 aromatic rings. The van der Waals surface area contributed by atoms with Gasteiger partial charge in [0.05, 0.1) is 5.70 Å². The molecule has 0 aliphatic carbocycles. The summed E-state index contributed by atoms with van der Waals surface area (Å²) in [5.41, 5.74) is 2.05. The third-order valence-corrected chi connectivity index (χ3v) is 3.67. The number of carbonyl (C=O) groups is 2. The van der Waals surface area contributed by atoms with Gasteiger partial charge in [0.15, 0.2) is 5.78 Å². The van der Waals surface area contributed by atoms with E-state index in [1.807, 2.05) is 42.5 Å². The zero-order valence-electron chi connectivity index (χ0n) is 13.6. The van der Waals surface area contributed by atoms with E-state index >= 15 is 0 Å². The van der Waals surface area contributed by atoms with Crippen LogP contribution in [0.1, 0.15) is 20.7 Å². The fourth-order valence-electron chi connectivity index (χ4n) is 2.40. The number of para-hydroxylation sites is 1. The van der Waals surface area contributed by atoms with Crippen LogP contribution in [0.25, 0.3) is 0 Å². The lowest BCUT2D eigenvalue weighted by molar-refractivity contribution is 0.101. The molecule has 0 bridgehead atoms. The first-order valence-corrected chi connectivity index (χ1v) is 7.97. The molecule has 0 aliphatic heterocycles. The molecule has 3 aromatic carbocycles. The molecule has 0 radical (unpaired) electrons. The molecule has 0 amide bonds. The Morgan fingerprint density at radius 2 is 1.12 bits per heavy atom. The number of nitrogens with one attached hydrogen (secondary N) is 1. The van der Waals surface area contributed by atoms with Gasteiger partial charge in [-0.25, -0.2) is 0 Å². The Hall–Kier alpha value is -3.46. The Morgan fingerprint density at radius 1 is 0.640 bits per heavy atom. The highest BCUT2D eigenvalue weighted by Gasteiger charge is 2.15. The van der Waals surface area contributed by atoms with Crippen molar-refractivity contribution >= 4 is 17.3 Å². The number of hydrogen-bond acceptors (Lipinski definition) is 3. The minimum absolute atomic E-state index is 0.219. The molecule has 0 aromatic heterocycles. The second kappa shape index (κ2) is 7.88. The molecule has 122 valence electrons. The molecule has 1 N–H and O–H groups in total. The van der Waals surface area contributed by atoms with Crippen molar-refractivity contribution in [2.45, 2.75) is 0 Å². The lowest BCUT2D eigenvalue weighted by Gasteiger charge is -2.10. The second-order valence-electron chi connectivity index (χ2n) is 5.47. The Kier molecular flexibility index (Phi) is 5.17. The summed E-state index contributed by atoms with van der Waals surface area (Å²) in [5.74, 6) is -0.447. The number of allylic oxidation sites excluding steroid dienone is 2. The Morgan fingerprint density at radius 3 is 1.68 bits per heavy atom. The predicted molar refractivity (Wildman–Crippen MR) is 99.7 cm³/mol. The molecule has 0 saturated heterocycles. The van der Waals surface area contributed by atoms with Crippen LogP contribution in [0.4, 0.5) is 5.69 Å². The van der Waals surface area contributed by atoms with Gasteiger partial charge in [0.2, 0.25) is 5.78 Å². The first kappa shape index (κ1) is 16.4. The summed E-state index contributed by atoms with van der Waals surface area (Å²) < 4.78 is 0. The number of benzene rings is 3. The largest absolute Gasteiger partial charge is 0.352 e. The van der Waals surface area contributed by atoms with Crippen LogP contribution in [0.3, 0.4) is 0 Å². The molecule has 0 aliphatic rings. The number of anilines is 1. The molecule has 0 unspecified atom stereocenters. The van der Waals surface area contributed by atoms with Gasteiger partial charge in [0.25, 0.3) is 0 Å². The summed E-state index contributed by atoms with van der Waals surface area (Å²) in [4.78, 5) is 25.3. The van der Waals surface area contributed by atoms with Crippen molar-refractivity contribution in [3.05, 3.63) is 114 Å². The predicted octanol–water partition coefficient (Wildman–Crippen LogP) is 4.75. The first-order valence-electron chi connectivity index (χ1n) is 7.97. The number of ketones is 2. The molecule has 0 saturated carbocycles. The number of hydrogen-bond donors (Lipinski definition) is 1. The number of rotatable bonds is 6. The van der Waals surface area contributed by atoms with Crippen LogP contribution in [-0.2, 0) is 0 Å². The Bertz CT molecular complexity index is 885. The second-order valence-corrected chi connectivity index (χ2v) is 5.47. The van der Waals surface area contributed by atoms with Gasteiger partial charge in [-0.15, -0.1) is 0 Å². The van der Waals surface area contributed by atoms with E-state index in [1.165, 1.54) is 6.08 Å². The maximum atomic E-state index is 12.8. The van der Waals surface area contributed by atoms with Gasteiger partial charge in [0.1, 0.15) is 0 Å². The van der Waals surface area contributed by atoms with Crippen molar-refractivity contribution in [3.8, 4) is 0 Å². The SMILES string of the molecule is O=C(/C=C(/Nc1ccccc1)C(=O)c1ccccc1)c1ccccc1. The minimum atomic E-state index is -0.228. The van der Waals surface area contributed by atoms with Crippen LogP contribution in [0.2, 0.25) is 0 Å². The molecule has 0 heterocycles. The highest BCUT2D eigenvalue weighted by molar-refractivity contribution is 6.16. The topological polar surface area (TPSA) is 46.2 Å². The van der Waals surface area contributed by atoms with Gasteiger partial charge in [-0.2, -0.15) is 0 Å². The van der Waals surface area contributed by atoms with Gasteiger partial charge >= 0.3 is 0 Å². The van der Waals surface area contributed by atoms with E-state index in [0.717, 1.165) is 5.69 Å². The fourth-order valence-corrected chi connectivity index (χ4v) is 2.40. The van der Waals surface area contributed by atoms with Crippen molar-refractivity contribution < 1.29 is 9.59 Å². The third kappa shape index (κ3) is 4.30. The standard InChI is InChI=1S/C22H17NO2/c24-21(17-10-4-1-5-11-17)16-20(23-19-14-8-3-9-15-19)22(25)18-12-6-2-7-13-18/h1-16,23H/b20-16+. The van der Waals surface area contributed by atoms with Crippen LogP contribution < -0.4 is 5.32 Å². The van der Waals surface area contributed by atoms with E-state index in [-0.39, 0.29) is 17.3 Å². The van der Waals surface area contributed by atoms with Gasteiger partial charge in [-0.3, -0.25) is 9.59 Å². The van der Waals surface area contributed by atoms with Crippen molar-refractivity contribution in [1.29, 1.82) is 0 Å². The van der Waals surface area contributed by atoms with Crippen LogP contribution in [0.15, 0.2) is 103 Å². The van der Waals surface area contributed by atoms with Crippen molar-refractivity contribution in [1.82, 2.24) is 0 Å². The molecule has 0 spiro atoms. The zero-order chi connectivity index (χ0) is 17.5. The van der Waals surface area contributed by atoms with Crippen LogP contribution in [0.5, 0.6) is 0 Å². The Balaban J connectivity index is 1.95. The Labute approximate surface area is 146 Å². The van der Waals surface area contributed by atoms with Crippen LogP contribution >= 0.6 is 0 Å². The highest BCUT2D eigenvalue weighted by atomic mass is 16.1.